The van der Waals surface area contributed by atoms with Crippen molar-refractivity contribution in [3.63, 3.8) is 0 Å². The summed E-state index contributed by atoms with van der Waals surface area (Å²) in [6, 6.07) is 0. The first-order valence-electron chi connectivity index (χ1n) is 36.6. The van der Waals surface area contributed by atoms with Crippen LogP contribution in [0.3, 0.4) is 0 Å². The number of piperazine rings is 2. The smallest absolute Gasteiger partial charge is 0.188 e. The topological polar surface area (TPSA) is 48.6 Å². The van der Waals surface area contributed by atoms with E-state index < -0.39 is 16.8 Å². The molecule has 0 aliphatic carbocycles. The number of rotatable bonds is 17. The molecule has 22 radical (unpaired) electrons. The molecule has 15 nitrogen and oxygen atoms in total. The molecule has 11 saturated heterocycles. The van der Waals surface area contributed by atoms with Gasteiger partial charge in [-0.05, 0) is 327 Å². The first-order valence-corrected chi connectivity index (χ1v) is 42.3. The molecule has 11 aliphatic rings. The summed E-state index contributed by atoms with van der Waals surface area (Å²) in [4.78, 5) is 22.7. The Hall–Kier alpha value is 0.548. The van der Waals surface area contributed by atoms with Crippen LogP contribution in [0.2, 0.25) is 26.2 Å². The quantitative estimate of drug-likeness (QED) is 0.201. The Balaban J connectivity index is 0.000000162. The molecule has 11 heterocycles. The van der Waals surface area contributed by atoms with E-state index in [1.54, 1.807) is 0 Å². The fourth-order valence-corrected chi connectivity index (χ4v) is 21.1. The lowest BCUT2D eigenvalue weighted by Crippen LogP contribution is -2.58. The van der Waals surface area contributed by atoms with Crippen LogP contribution < -0.4 is 0 Å². The Bertz CT molecular complexity index is 1720. The van der Waals surface area contributed by atoms with Gasteiger partial charge in [0.2, 0.25) is 0 Å². The monoisotopic (exact) mass is 1250 g/mol. The Kier molecular flexibility index (Phi) is 35.1. The van der Waals surface area contributed by atoms with Gasteiger partial charge in [0.05, 0.1) is 0 Å². The van der Waals surface area contributed by atoms with E-state index in [0.29, 0.717) is 0 Å². The zero-order valence-corrected chi connectivity index (χ0v) is 60.0. The normalized spacial score (nSPS) is 28.0. The third kappa shape index (κ3) is 27.3. The third-order valence-electron chi connectivity index (χ3n) is 23.7. The molecule has 0 aromatic rings. The van der Waals surface area contributed by atoms with Crippen molar-refractivity contribution in [1.29, 1.82) is 0 Å². The summed E-state index contributed by atoms with van der Waals surface area (Å²) in [6.07, 6.45) is 26.4. The van der Waals surface area contributed by atoms with Gasteiger partial charge in [-0.25, -0.2) is 0 Å². The summed E-state index contributed by atoms with van der Waals surface area (Å²) in [5.74, 6) is 7.18. The second-order valence-electron chi connectivity index (χ2n) is 30.7. The van der Waals surface area contributed by atoms with Crippen molar-refractivity contribution in [3.8, 4) is 0 Å². The van der Waals surface area contributed by atoms with Crippen molar-refractivity contribution in [2.24, 2.45) is 47.3 Å². The predicted octanol–water partition coefficient (Wildman–Crippen LogP) is 2.67. The Morgan fingerprint density at radius 3 is 0.833 bits per heavy atom. The minimum atomic E-state index is -1.52. The van der Waals surface area contributed by atoms with Crippen LogP contribution in [0.4, 0.5) is 0 Å². The molecule has 0 aromatic carbocycles. The molecule has 484 valence electrons. The predicted molar refractivity (Wildman–Crippen MR) is 392 cm³/mol. The van der Waals surface area contributed by atoms with Gasteiger partial charge in [0, 0.05) is 52.4 Å². The summed E-state index contributed by atoms with van der Waals surface area (Å²) in [5, 5.41) is 0. The van der Waals surface area contributed by atoms with Crippen LogP contribution in [-0.2, 0) is 0 Å². The molecule has 0 N–H and O–H groups in total. The zero-order chi connectivity index (χ0) is 64.6. The number of hydrogen-bond donors (Lipinski definition) is 0. The molecular weight excluding hydrogens is 1130 g/mol. The van der Waals surface area contributed by atoms with E-state index >= 15 is 0 Å². The van der Waals surface area contributed by atoms with Crippen molar-refractivity contribution < 1.29 is 0 Å². The largest absolute Gasteiger partial charge is 0.362 e. The summed E-state index contributed by atoms with van der Waals surface area (Å²) in [6.45, 7) is 41.9. The van der Waals surface area contributed by atoms with E-state index in [9.17, 15) is 0 Å². The van der Waals surface area contributed by atoms with Crippen LogP contribution >= 0.6 is 0 Å². The maximum absolute atomic E-state index is 6.08. The van der Waals surface area contributed by atoms with Crippen molar-refractivity contribution in [2.75, 3.05) is 196 Å². The third-order valence-corrected chi connectivity index (χ3v) is 31.0. The van der Waals surface area contributed by atoms with Crippen molar-refractivity contribution in [3.05, 3.63) is 0 Å². The van der Waals surface area contributed by atoms with Crippen LogP contribution in [0.5, 0.6) is 0 Å². The molecule has 0 saturated carbocycles. The van der Waals surface area contributed by atoms with E-state index in [2.05, 4.69) is 54.1 Å². The van der Waals surface area contributed by atoms with E-state index in [4.69, 9.17) is 87.8 Å². The van der Waals surface area contributed by atoms with Gasteiger partial charge in [-0.2, -0.15) is 0 Å². The highest BCUT2D eigenvalue weighted by Gasteiger charge is 2.42. The molecular formula is C62H120B11N15Si2. The maximum atomic E-state index is 6.08. The van der Waals surface area contributed by atoms with Crippen molar-refractivity contribution >= 4 is 105 Å². The second kappa shape index (κ2) is 40.6. The highest BCUT2D eigenvalue weighted by molar-refractivity contribution is 6.77. The summed E-state index contributed by atoms with van der Waals surface area (Å²) < 4.78 is 9.37. The Morgan fingerprint density at radius 2 is 0.544 bits per heavy atom. The maximum Gasteiger partial charge on any atom is 0.188 e. The fourth-order valence-electron chi connectivity index (χ4n) is 16.5. The summed E-state index contributed by atoms with van der Waals surface area (Å²) >= 11 is 0. The molecule has 0 atom stereocenters. The SMILES string of the molecule is [B]N1CCC(C2CCN([B])CC2)CC1.[B]N1CCC(CC(CC2CCN([B])CC2)C2CCN([B])CC2)CC1.[B]N1CCC(CCCC2CCN([B])CC2)CC1.[B]N1CCN(CCCN2CCN([B])CC2)CC1.[B]N1CCN(CCN2CCN([B])[Si]2(C)C)[Si]1(C)C. The molecule has 11 rings (SSSR count). The minimum Gasteiger partial charge on any atom is -0.362 e. The molecule has 11 aliphatic heterocycles. The molecule has 0 unspecified atom stereocenters. The Morgan fingerprint density at radius 1 is 0.278 bits per heavy atom. The molecule has 0 bridgehead atoms. The first kappa shape index (κ1) is 77.9. The van der Waals surface area contributed by atoms with Gasteiger partial charge < -0.3 is 71.2 Å². The van der Waals surface area contributed by atoms with Gasteiger partial charge in [-0.15, -0.1) is 0 Å². The highest BCUT2D eigenvalue weighted by Crippen LogP contribution is 2.39. The number of hydrogen-bond acceptors (Lipinski definition) is 15. The van der Waals surface area contributed by atoms with Gasteiger partial charge in [0.1, 0.15) is 0 Å². The first-order chi connectivity index (χ1) is 43.1. The van der Waals surface area contributed by atoms with E-state index in [-0.39, 0.29) is 0 Å². The molecule has 28 heteroatoms. The van der Waals surface area contributed by atoms with Crippen LogP contribution in [-0.4, -0.2) is 372 Å². The standard InChI is InChI=1S/C18H32B3N3.C13H24B2N2.C11H22B2N4.C10H24B2N4Si2.C10H18B2N2/c19-22-7-1-15(2-8-22)13-18(17-5-11-24(21)12-6-17)14-16-3-9-23(20)10-4-16;14-16-8-4-12(5-9-16)2-1-3-13-6-10-17(15)11-7-13;12-16-8-4-14(5-9-16)2-1-3-15-6-10-17(13)11-7-15;1-17(2)13(7-9-15(17)11)5-6-14-8-10-16(12)18(14,3)4;11-13-5-1-9(2-6-13)10-3-7-14(12)8-4-10/h15-18H,1-14H2;12-13H,1-11H2;1-11H2;5-10H2,1-4H3;9-10H,1-8H2. The molecule has 90 heavy (non-hydrogen) atoms. The molecule has 0 spiro atoms. The number of nitrogens with zero attached hydrogens (tertiary/aromatic N) is 15. The summed E-state index contributed by atoms with van der Waals surface area (Å²) in [7, 11) is 61.5. The van der Waals surface area contributed by atoms with Crippen LogP contribution in [0, 0.1) is 47.3 Å². The van der Waals surface area contributed by atoms with Crippen molar-refractivity contribution in [2.45, 2.75) is 155 Å². The lowest BCUT2D eigenvalue weighted by Gasteiger charge is -2.40. The van der Waals surface area contributed by atoms with E-state index in [0.717, 1.165) is 231 Å². The number of piperidine rings is 7. The van der Waals surface area contributed by atoms with Gasteiger partial charge in [0.15, 0.2) is 105 Å². The van der Waals surface area contributed by atoms with Crippen LogP contribution in [0.1, 0.15) is 128 Å². The van der Waals surface area contributed by atoms with Gasteiger partial charge >= 0.3 is 0 Å². The Labute approximate surface area is 570 Å². The van der Waals surface area contributed by atoms with Gasteiger partial charge in [0.25, 0.3) is 0 Å². The molecule has 0 aromatic heterocycles. The van der Waals surface area contributed by atoms with E-state index in [1.807, 2.05) is 43.3 Å². The van der Waals surface area contributed by atoms with Gasteiger partial charge in [-0.1, -0.05) is 19.3 Å². The fraction of sp³-hybridized carbons (Fsp3) is 1.00. The molecule has 11 fully saturated rings. The van der Waals surface area contributed by atoms with Gasteiger partial charge in [-0.3, -0.25) is 0 Å². The second-order valence-corrected chi connectivity index (χ2v) is 39.0. The summed E-state index contributed by atoms with van der Waals surface area (Å²) in [5.41, 5.74) is 0. The van der Waals surface area contributed by atoms with Crippen molar-refractivity contribution in [1.82, 2.24) is 71.2 Å². The van der Waals surface area contributed by atoms with E-state index in [1.165, 1.54) is 142 Å². The molecule has 0 amide bonds. The zero-order valence-electron chi connectivity index (χ0n) is 58.0. The highest BCUT2D eigenvalue weighted by atomic mass is 28.4. The lowest BCUT2D eigenvalue weighted by atomic mass is 9.71. The minimum absolute atomic E-state index is 0.872. The average molecular weight is 1250 g/mol. The average Bonchev–Trinajstić information content (AvgIpc) is 2.06. The van der Waals surface area contributed by atoms with Crippen LogP contribution in [0.15, 0.2) is 0 Å². The van der Waals surface area contributed by atoms with Crippen LogP contribution in [0.25, 0.3) is 0 Å². The lowest BCUT2D eigenvalue weighted by molar-refractivity contribution is 0.126.